The molecule has 3 aromatic rings. The number of carbonyl (C=O) groups excluding carboxylic acids is 1. The number of nitrogens with one attached hydrogen (secondary N) is 1. The lowest BCUT2D eigenvalue weighted by molar-refractivity contribution is -0.158. The summed E-state index contributed by atoms with van der Waals surface area (Å²) >= 11 is 0. The highest BCUT2D eigenvalue weighted by atomic mass is 16.5. The van der Waals surface area contributed by atoms with Crippen LogP contribution >= 0.6 is 0 Å². The second-order valence-corrected chi connectivity index (χ2v) is 11.1. The predicted molar refractivity (Wildman–Crippen MR) is 151 cm³/mol. The van der Waals surface area contributed by atoms with Crippen LogP contribution in [0, 0.1) is 12.8 Å². The first-order valence-corrected chi connectivity index (χ1v) is 14.3. The summed E-state index contributed by atoms with van der Waals surface area (Å²) in [5.41, 5.74) is 3.37. The molecule has 1 saturated heterocycles. The van der Waals surface area contributed by atoms with Crippen molar-refractivity contribution in [2.24, 2.45) is 13.0 Å². The summed E-state index contributed by atoms with van der Waals surface area (Å²) in [6.07, 6.45) is 5.79. The minimum Gasteiger partial charge on any atom is -0.492 e. The fourth-order valence-corrected chi connectivity index (χ4v) is 5.35. The molecule has 0 amide bonds. The van der Waals surface area contributed by atoms with Gasteiger partial charge in [0.05, 0.1) is 17.1 Å². The Morgan fingerprint density at radius 3 is 2.67 bits per heavy atom. The summed E-state index contributed by atoms with van der Waals surface area (Å²) in [4.78, 5) is 29.8. The summed E-state index contributed by atoms with van der Waals surface area (Å²) in [6.45, 7) is 6.44. The lowest BCUT2D eigenvalue weighted by Crippen LogP contribution is -2.48. The summed E-state index contributed by atoms with van der Waals surface area (Å²) in [5, 5.41) is 13.1. The largest absolute Gasteiger partial charge is 0.492 e. The zero-order valence-corrected chi connectivity index (χ0v) is 23.6. The van der Waals surface area contributed by atoms with Gasteiger partial charge in [0.1, 0.15) is 30.3 Å². The smallest absolute Gasteiger partial charge is 0.326 e. The minimum absolute atomic E-state index is 0.0192. The number of carbonyl (C=O) groups is 1. The summed E-state index contributed by atoms with van der Waals surface area (Å²) in [5.74, 6) is 1.55. The van der Waals surface area contributed by atoms with Crippen molar-refractivity contribution in [2.45, 2.75) is 70.7 Å². The third kappa shape index (κ3) is 6.40. The molecule has 1 aliphatic heterocycles. The van der Waals surface area contributed by atoms with Crippen LogP contribution in [0.1, 0.15) is 44.6 Å². The van der Waals surface area contributed by atoms with Crippen LogP contribution in [0.15, 0.2) is 35.3 Å². The zero-order chi connectivity index (χ0) is 28.2. The molecule has 216 valence electrons. The molecule has 0 radical (unpaired) electrons. The van der Waals surface area contributed by atoms with Crippen LogP contribution in [0.25, 0.3) is 22.4 Å². The minimum atomic E-state index is -0.872. The van der Waals surface area contributed by atoms with Gasteiger partial charge in [-0.2, -0.15) is 0 Å². The molecule has 2 N–H and O–H groups in total. The number of aryl methyl sites for hydroxylation is 2. The molecule has 5 rings (SSSR count). The van der Waals surface area contributed by atoms with Crippen LogP contribution in [0.2, 0.25) is 0 Å². The molecular formula is C30H40N4O6. The number of esters is 1. The fraction of sp³-hybridized carbons (Fsp3) is 0.567. The first-order chi connectivity index (χ1) is 19.3. The second kappa shape index (κ2) is 12.5. The topological polar surface area (TPSA) is 117 Å². The van der Waals surface area contributed by atoms with Crippen molar-refractivity contribution in [3.63, 3.8) is 0 Å². The number of fused-ring (bicyclic) bond motifs is 1. The van der Waals surface area contributed by atoms with Gasteiger partial charge in [-0.25, -0.2) is 4.98 Å². The first kappa shape index (κ1) is 28.3. The van der Waals surface area contributed by atoms with Crippen LogP contribution < -0.4 is 15.6 Å². The Morgan fingerprint density at radius 2 is 2.00 bits per heavy atom. The standard InChI is InChI=1S/C30H40N4O6/c1-19-15-22(18-33(3)29(19)36)28-32-25-16-24(7-8-26(25)34(28)17-21-9-12-38-13-10-21)39-14-11-31-27(20(2)35)30(37)40-23-5-4-6-23/h7-8,15-16,18,20-21,23,27,31,35H,4-6,9-14,17H2,1-3H3/t20-,27-/m0/s1. The Kier molecular flexibility index (Phi) is 8.87. The molecule has 0 spiro atoms. The van der Waals surface area contributed by atoms with E-state index in [0.29, 0.717) is 30.4 Å². The van der Waals surface area contributed by atoms with Crippen molar-refractivity contribution in [3.05, 3.63) is 46.4 Å². The van der Waals surface area contributed by atoms with Gasteiger partial charge in [-0.1, -0.05) is 0 Å². The number of imidazole rings is 1. The highest BCUT2D eigenvalue weighted by molar-refractivity contribution is 5.82. The van der Waals surface area contributed by atoms with E-state index in [1.54, 1.807) is 18.5 Å². The van der Waals surface area contributed by atoms with E-state index in [0.717, 1.165) is 74.3 Å². The van der Waals surface area contributed by atoms with E-state index in [-0.39, 0.29) is 11.7 Å². The summed E-state index contributed by atoms with van der Waals surface area (Å²) in [7, 11) is 1.76. The van der Waals surface area contributed by atoms with Crippen LogP contribution in [-0.2, 0) is 27.9 Å². The molecule has 10 heteroatoms. The number of aromatic nitrogens is 3. The Hall–Kier alpha value is -3.21. The fourth-order valence-electron chi connectivity index (χ4n) is 5.35. The Morgan fingerprint density at radius 1 is 1.23 bits per heavy atom. The van der Waals surface area contributed by atoms with Crippen molar-refractivity contribution in [1.82, 2.24) is 19.4 Å². The highest BCUT2D eigenvalue weighted by Gasteiger charge is 2.29. The van der Waals surface area contributed by atoms with Gasteiger partial charge in [0.15, 0.2) is 0 Å². The number of nitrogens with zero attached hydrogens (tertiary/aromatic N) is 3. The van der Waals surface area contributed by atoms with Gasteiger partial charge >= 0.3 is 5.97 Å². The molecule has 2 aromatic heterocycles. The quantitative estimate of drug-likeness (QED) is 0.276. The Bertz CT molecular complexity index is 1360. The molecule has 1 aliphatic carbocycles. The van der Waals surface area contributed by atoms with Crippen molar-refractivity contribution >= 4 is 17.0 Å². The van der Waals surface area contributed by atoms with Crippen molar-refractivity contribution in [2.75, 3.05) is 26.4 Å². The molecule has 3 heterocycles. The van der Waals surface area contributed by atoms with E-state index in [9.17, 15) is 14.7 Å². The summed E-state index contributed by atoms with van der Waals surface area (Å²) < 4.78 is 20.9. The molecule has 10 nitrogen and oxygen atoms in total. The number of benzene rings is 1. The van der Waals surface area contributed by atoms with Crippen LogP contribution in [-0.4, -0.2) is 69.8 Å². The number of rotatable bonds is 11. The predicted octanol–water partition coefficient (Wildman–Crippen LogP) is 2.95. The Balaban J connectivity index is 1.31. The number of hydrogen-bond donors (Lipinski definition) is 2. The molecule has 0 bridgehead atoms. The van der Waals surface area contributed by atoms with Crippen molar-refractivity contribution < 1.29 is 24.1 Å². The van der Waals surface area contributed by atoms with E-state index < -0.39 is 18.1 Å². The van der Waals surface area contributed by atoms with E-state index in [1.165, 1.54) is 0 Å². The normalized spacial score (nSPS) is 17.9. The first-order valence-electron chi connectivity index (χ1n) is 14.3. The van der Waals surface area contributed by atoms with Crippen LogP contribution in [0.5, 0.6) is 5.75 Å². The SMILES string of the molecule is Cc1cc(-c2nc3cc(OCCN[C@H](C(=O)OC4CCC4)[C@H](C)O)ccc3n2CC2CCOCC2)cn(C)c1=O. The van der Waals surface area contributed by atoms with Gasteiger partial charge in [0, 0.05) is 56.7 Å². The third-order valence-corrected chi connectivity index (χ3v) is 7.93. The summed E-state index contributed by atoms with van der Waals surface area (Å²) in [6, 6.07) is 6.99. The molecular weight excluding hydrogens is 512 g/mol. The van der Waals surface area contributed by atoms with Crippen LogP contribution in [0.4, 0.5) is 0 Å². The third-order valence-electron chi connectivity index (χ3n) is 7.93. The van der Waals surface area contributed by atoms with E-state index in [1.807, 2.05) is 37.4 Å². The lowest BCUT2D eigenvalue weighted by Gasteiger charge is -2.28. The maximum absolute atomic E-state index is 12.4. The molecule has 0 unspecified atom stereocenters. The van der Waals surface area contributed by atoms with E-state index in [4.69, 9.17) is 19.2 Å². The molecule has 2 aliphatic rings. The van der Waals surface area contributed by atoms with Gasteiger partial charge in [0.25, 0.3) is 5.56 Å². The van der Waals surface area contributed by atoms with Gasteiger partial charge in [-0.3, -0.25) is 14.9 Å². The van der Waals surface area contributed by atoms with Crippen LogP contribution in [0.3, 0.4) is 0 Å². The highest BCUT2D eigenvalue weighted by Crippen LogP contribution is 2.30. The number of aliphatic hydroxyl groups is 1. The number of ether oxygens (including phenoxy) is 3. The maximum Gasteiger partial charge on any atom is 0.326 e. The van der Waals surface area contributed by atoms with Crippen molar-refractivity contribution in [3.8, 4) is 17.1 Å². The number of pyridine rings is 1. The molecule has 2 fully saturated rings. The Labute approximate surface area is 234 Å². The average Bonchev–Trinajstić information content (AvgIpc) is 3.26. The van der Waals surface area contributed by atoms with Gasteiger partial charge in [-0.15, -0.1) is 0 Å². The molecule has 1 aromatic carbocycles. The molecule has 2 atom stereocenters. The average molecular weight is 553 g/mol. The van der Waals surface area contributed by atoms with Gasteiger partial charge in [-0.05, 0) is 70.1 Å². The number of hydrogen-bond acceptors (Lipinski definition) is 8. The second-order valence-electron chi connectivity index (χ2n) is 11.1. The van der Waals surface area contributed by atoms with E-state index >= 15 is 0 Å². The van der Waals surface area contributed by atoms with Gasteiger partial charge < -0.3 is 28.5 Å². The maximum atomic E-state index is 12.4. The number of aliphatic hydroxyl groups excluding tert-OH is 1. The zero-order valence-electron chi connectivity index (χ0n) is 23.6. The van der Waals surface area contributed by atoms with Gasteiger partial charge in [0.2, 0.25) is 0 Å². The van der Waals surface area contributed by atoms with Crippen molar-refractivity contribution in [1.29, 1.82) is 0 Å². The monoisotopic (exact) mass is 552 g/mol. The lowest BCUT2D eigenvalue weighted by atomic mass is 9.96. The molecule has 1 saturated carbocycles. The van der Waals surface area contributed by atoms with E-state index in [2.05, 4.69) is 9.88 Å². The molecule has 40 heavy (non-hydrogen) atoms.